The van der Waals surface area contributed by atoms with Gasteiger partial charge in [0, 0.05) is 26.1 Å². The minimum absolute atomic E-state index is 0.143. The molecule has 0 amide bonds. The zero-order valence-electron chi connectivity index (χ0n) is 12.8. The zero-order chi connectivity index (χ0) is 16.2. The molecule has 3 rings (SSSR count). The fourth-order valence-electron chi connectivity index (χ4n) is 2.50. The Labute approximate surface area is 133 Å². The summed E-state index contributed by atoms with van der Waals surface area (Å²) in [6.07, 6.45) is 3.25. The molecule has 0 aliphatic rings. The van der Waals surface area contributed by atoms with Crippen molar-refractivity contribution in [2.24, 2.45) is 7.05 Å². The van der Waals surface area contributed by atoms with Gasteiger partial charge in [-0.05, 0) is 34.5 Å². The fourth-order valence-corrected chi connectivity index (χ4v) is 2.50. The molecule has 23 heavy (non-hydrogen) atoms. The molecule has 0 aliphatic heterocycles. The zero-order valence-corrected chi connectivity index (χ0v) is 12.8. The normalized spacial score (nSPS) is 10.8. The molecule has 0 unspecified atom stereocenters. The average molecular weight is 311 g/mol. The molecule has 1 aromatic carbocycles. The molecule has 0 radical (unpaired) electrons. The standard InChI is InChI=1S/C16H17N5O2/c1-20-14-6-3-2-5-13(14)19-16(20)7-4-10-17-12-8-9-15(18-11-12)21(22)23/h2-3,5-6,8-9,11,17H,4,7,10H2,1H3. The first-order chi connectivity index (χ1) is 11.1. The molecule has 0 atom stereocenters. The number of pyridine rings is 1. The third-order valence-electron chi connectivity index (χ3n) is 3.72. The van der Waals surface area contributed by atoms with Crippen molar-refractivity contribution in [3.8, 4) is 0 Å². The summed E-state index contributed by atoms with van der Waals surface area (Å²) in [7, 11) is 2.03. The van der Waals surface area contributed by atoms with Gasteiger partial charge in [0.1, 0.15) is 5.82 Å². The van der Waals surface area contributed by atoms with Crippen molar-refractivity contribution in [1.29, 1.82) is 0 Å². The first kappa shape index (κ1) is 15.0. The fraction of sp³-hybridized carbons (Fsp3) is 0.250. The van der Waals surface area contributed by atoms with Gasteiger partial charge in [0.2, 0.25) is 0 Å². The van der Waals surface area contributed by atoms with Crippen LogP contribution in [0.2, 0.25) is 0 Å². The number of rotatable bonds is 6. The number of anilines is 1. The number of aromatic nitrogens is 3. The number of para-hydroxylation sites is 2. The van der Waals surface area contributed by atoms with Crippen molar-refractivity contribution in [1.82, 2.24) is 14.5 Å². The van der Waals surface area contributed by atoms with Gasteiger partial charge < -0.3 is 20.0 Å². The van der Waals surface area contributed by atoms with E-state index in [0.29, 0.717) is 0 Å². The molecule has 2 aromatic heterocycles. The second-order valence-corrected chi connectivity index (χ2v) is 5.27. The Morgan fingerprint density at radius 2 is 2.09 bits per heavy atom. The van der Waals surface area contributed by atoms with E-state index in [4.69, 9.17) is 0 Å². The first-order valence-electron chi connectivity index (χ1n) is 7.40. The summed E-state index contributed by atoms with van der Waals surface area (Å²) >= 11 is 0. The molecular formula is C16H17N5O2. The van der Waals surface area contributed by atoms with E-state index in [1.54, 1.807) is 6.07 Å². The largest absolute Gasteiger partial charge is 0.382 e. The Bertz CT molecular complexity index is 826. The lowest BCUT2D eigenvalue weighted by Gasteiger charge is -2.05. The van der Waals surface area contributed by atoms with Crippen LogP contribution in [0.15, 0.2) is 42.6 Å². The lowest BCUT2D eigenvalue weighted by Crippen LogP contribution is -2.06. The van der Waals surface area contributed by atoms with E-state index in [-0.39, 0.29) is 5.82 Å². The molecule has 7 heteroatoms. The maximum absolute atomic E-state index is 10.5. The topological polar surface area (TPSA) is 85.9 Å². The molecule has 7 nitrogen and oxygen atoms in total. The molecule has 0 bridgehead atoms. The van der Waals surface area contributed by atoms with Crippen molar-refractivity contribution >= 4 is 22.5 Å². The van der Waals surface area contributed by atoms with E-state index in [1.165, 1.54) is 12.3 Å². The third-order valence-corrected chi connectivity index (χ3v) is 3.72. The van der Waals surface area contributed by atoms with Gasteiger partial charge in [-0.3, -0.25) is 0 Å². The SMILES string of the molecule is Cn1c(CCCNc2ccc([N+](=O)[O-])nc2)nc2ccccc21. The van der Waals surface area contributed by atoms with Crippen LogP contribution in [0.5, 0.6) is 0 Å². The molecule has 3 aromatic rings. The van der Waals surface area contributed by atoms with E-state index in [1.807, 2.05) is 25.2 Å². The van der Waals surface area contributed by atoms with Gasteiger partial charge >= 0.3 is 5.82 Å². The molecule has 0 aliphatic carbocycles. The number of nitrogens with one attached hydrogen (secondary N) is 1. The predicted molar refractivity (Wildman–Crippen MR) is 88.4 cm³/mol. The summed E-state index contributed by atoms with van der Waals surface area (Å²) in [4.78, 5) is 18.5. The van der Waals surface area contributed by atoms with Gasteiger partial charge in [0.25, 0.3) is 0 Å². The van der Waals surface area contributed by atoms with Crippen molar-refractivity contribution in [2.75, 3.05) is 11.9 Å². The van der Waals surface area contributed by atoms with Crippen LogP contribution in [0.25, 0.3) is 11.0 Å². The van der Waals surface area contributed by atoms with Gasteiger partial charge in [-0.15, -0.1) is 0 Å². The highest BCUT2D eigenvalue weighted by Crippen LogP contribution is 2.15. The number of fused-ring (bicyclic) bond motifs is 1. The van der Waals surface area contributed by atoms with Crippen LogP contribution in [-0.2, 0) is 13.5 Å². The summed E-state index contributed by atoms with van der Waals surface area (Å²) in [6, 6.07) is 11.1. The van der Waals surface area contributed by atoms with Crippen LogP contribution in [0.3, 0.4) is 0 Å². The lowest BCUT2D eigenvalue weighted by molar-refractivity contribution is -0.389. The highest BCUT2D eigenvalue weighted by atomic mass is 16.6. The number of hydrogen-bond donors (Lipinski definition) is 1. The highest BCUT2D eigenvalue weighted by molar-refractivity contribution is 5.75. The molecule has 0 saturated heterocycles. The van der Waals surface area contributed by atoms with Crippen molar-refractivity contribution in [3.63, 3.8) is 0 Å². The molecular weight excluding hydrogens is 294 g/mol. The maximum atomic E-state index is 10.5. The summed E-state index contributed by atoms with van der Waals surface area (Å²) < 4.78 is 2.11. The maximum Gasteiger partial charge on any atom is 0.363 e. The number of nitro groups is 1. The van der Waals surface area contributed by atoms with E-state index in [9.17, 15) is 10.1 Å². The quantitative estimate of drug-likeness (QED) is 0.430. The summed E-state index contributed by atoms with van der Waals surface area (Å²) in [5, 5.41) is 13.8. The van der Waals surface area contributed by atoms with Crippen molar-refractivity contribution < 1.29 is 4.92 Å². The molecule has 0 spiro atoms. The minimum Gasteiger partial charge on any atom is -0.382 e. The number of hydrogen-bond acceptors (Lipinski definition) is 5. The Morgan fingerprint density at radius 3 is 2.78 bits per heavy atom. The van der Waals surface area contributed by atoms with Crippen LogP contribution in [-0.4, -0.2) is 26.0 Å². The Kier molecular flexibility index (Phi) is 4.18. The van der Waals surface area contributed by atoms with Gasteiger partial charge in [0.05, 0.1) is 16.7 Å². The lowest BCUT2D eigenvalue weighted by atomic mass is 10.3. The predicted octanol–water partition coefficient (Wildman–Crippen LogP) is 2.92. The van der Waals surface area contributed by atoms with Crippen molar-refractivity contribution in [3.05, 3.63) is 58.5 Å². The van der Waals surface area contributed by atoms with Crippen LogP contribution in [0.4, 0.5) is 11.5 Å². The van der Waals surface area contributed by atoms with Crippen LogP contribution in [0.1, 0.15) is 12.2 Å². The molecule has 118 valence electrons. The van der Waals surface area contributed by atoms with Crippen LogP contribution < -0.4 is 5.32 Å². The second-order valence-electron chi connectivity index (χ2n) is 5.27. The van der Waals surface area contributed by atoms with Crippen LogP contribution in [0, 0.1) is 10.1 Å². The number of aryl methyl sites for hydroxylation is 2. The highest BCUT2D eigenvalue weighted by Gasteiger charge is 2.07. The average Bonchev–Trinajstić information content (AvgIpc) is 2.89. The van der Waals surface area contributed by atoms with E-state index >= 15 is 0 Å². The van der Waals surface area contributed by atoms with Gasteiger partial charge in [0.15, 0.2) is 6.20 Å². The number of nitrogens with zero attached hydrogens (tertiary/aromatic N) is 4. The van der Waals surface area contributed by atoms with Crippen LogP contribution >= 0.6 is 0 Å². The van der Waals surface area contributed by atoms with Gasteiger partial charge in [-0.2, -0.15) is 0 Å². The summed E-state index contributed by atoms with van der Waals surface area (Å²) in [5.41, 5.74) is 2.92. The first-order valence-corrected chi connectivity index (χ1v) is 7.40. The summed E-state index contributed by atoms with van der Waals surface area (Å²) in [6.45, 7) is 0.753. The summed E-state index contributed by atoms with van der Waals surface area (Å²) in [5.74, 6) is 0.907. The number of imidazole rings is 1. The monoisotopic (exact) mass is 311 g/mol. The smallest absolute Gasteiger partial charge is 0.363 e. The van der Waals surface area contributed by atoms with Gasteiger partial charge in [-0.1, -0.05) is 12.1 Å². The second kappa shape index (κ2) is 6.43. The van der Waals surface area contributed by atoms with Crippen molar-refractivity contribution in [2.45, 2.75) is 12.8 Å². The number of benzene rings is 1. The molecule has 1 N–H and O–H groups in total. The Morgan fingerprint density at radius 1 is 1.26 bits per heavy atom. The minimum atomic E-state index is -0.504. The third kappa shape index (κ3) is 3.28. The molecule has 0 fully saturated rings. The van der Waals surface area contributed by atoms with E-state index in [2.05, 4.69) is 25.9 Å². The van der Waals surface area contributed by atoms with E-state index in [0.717, 1.165) is 41.9 Å². The molecule has 2 heterocycles. The Balaban J connectivity index is 1.54. The molecule has 0 saturated carbocycles. The van der Waals surface area contributed by atoms with E-state index < -0.39 is 4.92 Å². The Hall–Kier alpha value is -2.96. The van der Waals surface area contributed by atoms with Gasteiger partial charge in [-0.25, -0.2) is 4.98 Å².